The normalized spacial score (nSPS) is 19.2. The number of halogens is 1. The van der Waals surface area contributed by atoms with Gasteiger partial charge in [0.1, 0.15) is 24.7 Å². The van der Waals surface area contributed by atoms with Gasteiger partial charge in [0.25, 0.3) is 0 Å². The molecule has 0 saturated carbocycles. The highest BCUT2D eigenvalue weighted by molar-refractivity contribution is 6.32. The molecule has 1 N–H and O–H groups in total. The van der Waals surface area contributed by atoms with Crippen molar-refractivity contribution in [2.45, 2.75) is 44.9 Å². The van der Waals surface area contributed by atoms with E-state index in [1.165, 1.54) is 5.56 Å². The second-order valence-corrected chi connectivity index (χ2v) is 9.25. The lowest BCUT2D eigenvalue weighted by molar-refractivity contribution is -0.0168. The predicted molar refractivity (Wildman–Crippen MR) is 130 cm³/mol. The van der Waals surface area contributed by atoms with E-state index in [-0.39, 0.29) is 6.61 Å². The molecule has 0 radical (unpaired) electrons. The van der Waals surface area contributed by atoms with Crippen LogP contribution in [0.5, 0.6) is 11.5 Å². The minimum atomic E-state index is -0.848. The van der Waals surface area contributed by atoms with Crippen LogP contribution in [0, 0.1) is 6.92 Å². The van der Waals surface area contributed by atoms with E-state index in [2.05, 4.69) is 22.1 Å². The third-order valence-corrected chi connectivity index (χ3v) is 6.36. The van der Waals surface area contributed by atoms with Crippen LogP contribution in [-0.4, -0.2) is 51.7 Å². The number of aromatic nitrogens is 2. The Bertz CT molecular complexity index is 1030. The Morgan fingerprint density at radius 3 is 2.85 bits per heavy atom. The number of aliphatic hydroxyl groups is 1. The quantitative estimate of drug-likeness (QED) is 0.491. The summed E-state index contributed by atoms with van der Waals surface area (Å²) in [6.45, 7) is 6.13. The maximum absolute atomic E-state index is 11.2. The Labute approximate surface area is 200 Å². The van der Waals surface area contributed by atoms with Crippen LogP contribution < -0.4 is 9.47 Å². The molecule has 6 nitrogen and oxygen atoms in total. The molecule has 0 spiro atoms. The zero-order valence-corrected chi connectivity index (χ0v) is 19.9. The van der Waals surface area contributed by atoms with Crippen LogP contribution in [0.2, 0.25) is 5.02 Å². The number of nitrogens with zero attached hydrogens (tertiary/aromatic N) is 3. The highest BCUT2D eigenvalue weighted by Gasteiger charge is 2.31. The second kappa shape index (κ2) is 11.1. The molecule has 3 aromatic rings. The summed E-state index contributed by atoms with van der Waals surface area (Å²) in [4.78, 5) is 2.39. The van der Waals surface area contributed by atoms with Gasteiger partial charge in [-0.15, -0.1) is 0 Å². The Morgan fingerprint density at radius 2 is 2.00 bits per heavy atom. The molecule has 2 heterocycles. The second-order valence-electron chi connectivity index (χ2n) is 8.84. The van der Waals surface area contributed by atoms with Crippen molar-refractivity contribution >= 4 is 11.6 Å². The molecule has 0 unspecified atom stereocenters. The first kappa shape index (κ1) is 23.6. The number of rotatable bonds is 9. The van der Waals surface area contributed by atoms with Crippen molar-refractivity contribution < 1.29 is 14.6 Å². The predicted octanol–water partition coefficient (Wildman–Crippen LogP) is 4.72. The third kappa shape index (κ3) is 6.97. The molecule has 176 valence electrons. The molecule has 0 bridgehead atoms. The largest absolute Gasteiger partial charge is 0.492 e. The standard InChI is InChI=1S/C26H32ClN3O3/c1-21-7-8-24(27)25(17-21)33-20-26(31)9-3-12-29(14-10-26)19-22-5-2-6-23(18-22)32-16-15-30-13-4-11-28-30/h2,4-8,11,13,17-18,31H,3,9-10,12,14-16,19-20H2,1H3/t26-/m1/s1. The summed E-state index contributed by atoms with van der Waals surface area (Å²) in [5.74, 6) is 1.50. The Hall–Kier alpha value is -2.54. The van der Waals surface area contributed by atoms with E-state index in [4.69, 9.17) is 21.1 Å². The first-order valence-corrected chi connectivity index (χ1v) is 11.9. The molecule has 2 aromatic carbocycles. The van der Waals surface area contributed by atoms with E-state index in [1.807, 2.05) is 54.2 Å². The molecule has 1 fully saturated rings. The summed E-state index contributed by atoms with van der Waals surface area (Å²) < 4.78 is 13.7. The van der Waals surface area contributed by atoms with Crippen molar-refractivity contribution in [2.24, 2.45) is 0 Å². The maximum Gasteiger partial charge on any atom is 0.138 e. The summed E-state index contributed by atoms with van der Waals surface area (Å²) in [5.41, 5.74) is 1.44. The summed E-state index contributed by atoms with van der Waals surface area (Å²) in [6.07, 6.45) is 6.00. The van der Waals surface area contributed by atoms with Gasteiger partial charge in [-0.3, -0.25) is 9.58 Å². The van der Waals surface area contributed by atoms with Gasteiger partial charge in [-0.2, -0.15) is 5.10 Å². The smallest absolute Gasteiger partial charge is 0.138 e. The molecule has 1 aliphatic heterocycles. The molecule has 0 aliphatic carbocycles. The van der Waals surface area contributed by atoms with Gasteiger partial charge in [0.15, 0.2) is 0 Å². The average Bonchev–Trinajstić information content (AvgIpc) is 3.25. The molecule has 0 amide bonds. The number of aryl methyl sites for hydroxylation is 1. The van der Waals surface area contributed by atoms with E-state index in [9.17, 15) is 5.11 Å². The van der Waals surface area contributed by atoms with Crippen LogP contribution in [0.25, 0.3) is 0 Å². The number of likely N-dealkylation sites (tertiary alicyclic amines) is 1. The van der Waals surface area contributed by atoms with Crippen LogP contribution >= 0.6 is 11.6 Å². The van der Waals surface area contributed by atoms with E-state index in [1.54, 1.807) is 6.20 Å². The lowest BCUT2D eigenvalue weighted by Crippen LogP contribution is -2.37. The van der Waals surface area contributed by atoms with Gasteiger partial charge in [-0.1, -0.05) is 29.8 Å². The van der Waals surface area contributed by atoms with Gasteiger partial charge >= 0.3 is 0 Å². The van der Waals surface area contributed by atoms with E-state index < -0.39 is 5.60 Å². The van der Waals surface area contributed by atoms with Crippen molar-refractivity contribution in [2.75, 3.05) is 26.3 Å². The van der Waals surface area contributed by atoms with Gasteiger partial charge in [0, 0.05) is 25.5 Å². The number of hydrogen-bond acceptors (Lipinski definition) is 5. The fourth-order valence-corrected chi connectivity index (χ4v) is 4.32. The molecule has 4 rings (SSSR count). The molecule has 33 heavy (non-hydrogen) atoms. The fraction of sp³-hybridized carbons (Fsp3) is 0.423. The van der Waals surface area contributed by atoms with Gasteiger partial charge in [-0.05, 0) is 74.2 Å². The first-order valence-electron chi connectivity index (χ1n) is 11.5. The molecule has 1 aromatic heterocycles. The van der Waals surface area contributed by atoms with Crippen molar-refractivity contribution in [1.82, 2.24) is 14.7 Å². The number of hydrogen-bond donors (Lipinski definition) is 1. The van der Waals surface area contributed by atoms with Gasteiger partial charge < -0.3 is 14.6 Å². The van der Waals surface area contributed by atoms with Gasteiger partial charge in [-0.25, -0.2) is 0 Å². The molecular weight excluding hydrogens is 438 g/mol. The average molecular weight is 470 g/mol. The summed E-state index contributed by atoms with van der Waals surface area (Å²) in [7, 11) is 0. The number of benzene rings is 2. The van der Waals surface area contributed by atoms with Crippen LogP contribution in [0.4, 0.5) is 0 Å². The fourth-order valence-electron chi connectivity index (χ4n) is 4.15. The van der Waals surface area contributed by atoms with Crippen molar-refractivity contribution in [3.05, 3.63) is 77.1 Å². The van der Waals surface area contributed by atoms with E-state index in [0.29, 0.717) is 30.2 Å². The molecular formula is C26H32ClN3O3. The summed E-state index contributed by atoms with van der Waals surface area (Å²) >= 11 is 6.25. The number of ether oxygens (including phenoxy) is 2. The minimum Gasteiger partial charge on any atom is -0.492 e. The topological polar surface area (TPSA) is 59.8 Å². The zero-order chi connectivity index (χ0) is 23.1. The first-order chi connectivity index (χ1) is 16.0. The molecule has 1 atom stereocenters. The van der Waals surface area contributed by atoms with Crippen LogP contribution in [-0.2, 0) is 13.1 Å². The third-order valence-electron chi connectivity index (χ3n) is 6.05. The lowest BCUT2D eigenvalue weighted by atomic mass is 9.96. The summed E-state index contributed by atoms with van der Waals surface area (Å²) in [5, 5.41) is 15.9. The van der Waals surface area contributed by atoms with E-state index in [0.717, 1.165) is 43.9 Å². The van der Waals surface area contributed by atoms with Crippen LogP contribution in [0.1, 0.15) is 30.4 Å². The summed E-state index contributed by atoms with van der Waals surface area (Å²) in [6, 6.07) is 15.9. The lowest BCUT2D eigenvalue weighted by Gasteiger charge is -2.27. The van der Waals surface area contributed by atoms with Gasteiger partial charge in [0.05, 0.1) is 17.2 Å². The zero-order valence-electron chi connectivity index (χ0n) is 19.1. The highest BCUT2D eigenvalue weighted by Crippen LogP contribution is 2.29. The maximum atomic E-state index is 11.2. The SMILES string of the molecule is Cc1ccc(Cl)c(OC[C@@]2(O)CCCN(Cc3cccc(OCCn4cccn4)c3)CC2)c1. The Balaban J connectivity index is 1.27. The van der Waals surface area contributed by atoms with Gasteiger partial charge in [0.2, 0.25) is 0 Å². The molecule has 1 saturated heterocycles. The Kier molecular flexibility index (Phi) is 7.91. The molecule has 7 heteroatoms. The monoisotopic (exact) mass is 469 g/mol. The van der Waals surface area contributed by atoms with Crippen LogP contribution in [0.15, 0.2) is 60.9 Å². The van der Waals surface area contributed by atoms with E-state index >= 15 is 0 Å². The molecule has 1 aliphatic rings. The van der Waals surface area contributed by atoms with Crippen molar-refractivity contribution in [1.29, 1.82) is 0 Å². The van der Waals surface area contributed by atoms with Crippen LogP contribution in [0.3, 0.4) is 0 Å². The van der Waals surface area contributed by atoms with Crippen molar-refractivity contribution in [3.63, 3.8) is 0 Å². The Morgan fingerprint density at radius 1 is 1.09 bits per heavy atom. The highest BCUT2D eigenvalue weighted by atomic mass is 35.5. The minimum absolute atomic E-state index is 0.254. The van der Waals surface area contributed by atoms with Crippen molar-refractivity contribution in [3.8, 4) is 11.5 Å².